The summed E-state index contributed by atoms with van der Waals surface area (Å²) in [5.74, 6) is 3.39. The van der Waals surface area contributed by atoms with Gasteiger partial charge < -0.3 is 0 Å². The van der Waals surface area contributed by atoms with Crippen molar-refractivity contribution in [2.24, 2.45) is 0 Å². The molecule has 0 aliphatic rings. The molecule has 0 N–H and O–H groups in total. The first-order valence-corrected chi connectivity index (χ1v) is 9.62. The van der Waals surface area contributed by atoms with Crippen LogP contribution in [0.4, 0.5) is 0 Å². The second-order valence-electron chi connectivity index (χ2n) is 5.15. The van der Waals surface area contributed by atoms with Crippen molar-refractivity contribution in [2.45, 2.75) is 46.3 Å². The van der Waals surface area contributed by atoms with Gasteiger partial charge in [-0.15, -0.1) is 5.54 Å². The van der Waals surface area contributed by atoms with Gasteiger partial charge in [0.1, 0.15) is 8.07 Å². The number of hydrogen-bond acceptors (Lipinski definition) is 0. The molecule has 0 fully saturated rings. The van der Waals surface area contributed by atoms with Crippen LogP contribution in [0.1, 0.15) is 30.5 Å². The monoisotopic (exact) mass is 230 g/mol. The second-order valence-corrected chi connectivity index (χ2v) is 9.90. The quantitative estimate of drug-likeness (QED) is 0.531. The SMILES string of the molecule is CCc1cccc(C#C[Si](C)(C)C)c1CC. The molecule has 0 saturated heterocycles. The first-order valence-electron chi connectivity index (χ1n) is 6.12. The topological polar surface area (TPSA) is 0 Å². The first-order chi connectivity index (χ1) is 7.48. The molecule has 1 rings (SSSR count). The van der Waals surface area contributed by atoms with E-state index >= 15 is 0 Å². The molecule has 0 amide bonds. The van der Waals surface area contributed by atoms with E-state index < -0.39 is 8.07 Å². The molecule has 0 bridgehead atoms. The van der Waals surface area contributed by atoms with E-state index in [0.29, 0.717) is 0 Å². The molecule has 0 saturated carbocycles. The van der Waals surface area contributed by atoms with E-state index in [-0.39, 0.29) is 0 Å². The maximum atomic E-state index is 3.45. The van der Waals surface area contributed by atoms with Crippen LogP contribution in [-0.2, 0) is 12.8 Å². The van der Waals surface area contributed by atoms with Crippen molar-refractivity contribution in [3.8, 4) is 11.5 Å². The van der Waals surface area contributed by atoms with Crippen LogP contribution >= 0.6 is 0 Å². The third-order valence-corrected chi connectivity index (χ3v) is 3.45. The van der Waals surface area contributed by atoms with Gasteiger partial charge in [-0.1, -0.05) is 51.5 Å². The molecule has 0 atom stereocenters. The van der Waals surface area contributed by atoms with Crippen molar-refractivity contribution in [1.29, 1.82) is 0 Å². The minimum Gasteiger partial charge on any atom is -0.127 e. The van der Waals surface area contributed by atoms with E-state index in [1.807, 2.05) is 0 Å². The summed E-state index contributed by atoms with van der Waals surface area (Å²) >= 11 is 0. The maximum absolute atomic E-state index is 3.45. The molecule has 0 heterocycles. The molecular weight excluding hydrogens is 208 g/mol. The average Bonchev–Trinajstić information content (AvgIpc) is 2.24. The Morgan fingerprint density at radius 2 is 1.75 bits per heavy atom. The minimum atomic E-state index is -1.26. The Morgan fingerprint density at radius 3 is 2.25 bits per heavy atom. The number of benzene rings is 1. The average molecular weight is 230 g/mol. The molecule has 0 spiro atoms. The molecular formula is C15H22Si. The van der Waals surface area contributed by atoms with Crippen LogP contribution < -0.4 is 0 Å². The van der Waals surface area contributed by atoms with Crippen molar-refractivity contribution >= 4 is 8.07 Å². The molecule has 0 nitrogen and oxygen atoms in total. The van der Waals surface area contributed by atoms with Gasteiger partial charge in [0.15, 0.2) is 0 Å². The molecule has 16 heavy (non-hydrogen) atoms. The Labute approximate surface area is 101 Å². The lowest BCUT2D eigenvalue weighted by Crippen LogP contribution is -2.16. The van der Waals surface area contributed by atoms with Crippen molar-refractivity contribution in [3.05, 3.63) is 34.9 Å². The molecule has 0 aliphatic carbocycles. The normalized spacial score (nSPS) is 10.8. The Kier molecular flexibility index (Phi) is 4.38. The van der Waals surface area contributed by atoms with Gasteiger partial charge in [-0.3, -0.25) is 0 Å². The summed E-state index contributed by atoms with van der Waals surface area (Å²) in [5, 5.41) is 0. The largest absolute Gasteiger partial charge is 0.129 e. The first kappa shape index (κ1) is 13.1. The van der Waals surface area contributed by atoms with Gasteiger partial charge in [0, 0.05) is 5.56 Å². The summed E-state index contributed by atoms with van der Waals surface area (Å²) in [6.45, 7) is 11.3. The summed E-state index contributed by atoms with van der Waals surface area (Å²) in [6, 6.07) is 6.51. The Hall–Kier alpha value is -1.00. The van der Waals surface area contributed by atoms with Crippen molar-refractivity contribution in [2.75, 3.05) is 0 Å². The maximum Gasteiger partial charge on any atom is 0.129 e. The Bertz CT molecular complexity index is 413. The van der Waals surface area contributed by atoms with Crippen LogP contribution in [0.15, 0.2) is 18.2 Å². The summed E-state index contributed by atoms with van der Waals surface area (Å²) in [4.78, 5) is 0. The van der Waals surface area contributed by atoms with E-state index in [2.05, 4.69) is 63.2 Å². The van der Waals surface area contributed by atoms with Crippen LogP contribution in [0.3, 0.4) is 0 Å². The smallest absolute Gasteiger partial charge is 0.127 e. The molecule has 1 heteroatoms. The number of rotatable bonds is 2. The van der Waals surface area contributed by atoms with Crippen LogP contribution in [-0.4, -0.2) is 8.07 Å². The van der Waals surface area contributed by atoms with Crippen LogP contribution in [0.2, 0.25) is 19.6 Å². The third kappa shape index (κ3) is 3.54. The highest BCUT2D eigenvalue weighted by Crippen LogP contribution is 2.15. The van der Waals surface area contributed by atoms with Gasteiger partial charge in [-0.25, -0.2) is 0 Å². The molecule has 86 valence electrons. The standard InChI is InChI=1S/C15H22Si/c1-6-13-9-8-10-14(15(13)7-2)11-12-16(3,4)5/h8-10H,6-7H2,1-5H3. The van der Waals surface area contributed by atoms with Gasteiger partial charge in [0.25, 0.3) is 0 Å². The Balaban J connectivity index is 3.17. The minimum absolute atomic E-state index is 1.08. The van der Waals surface area contributed by atoms with Gasteiger partial charge in [-0.05, 0) is 30.0 Å². The third-order valence-electron chi connectivity index (χ3n) is 2.58. The molecule has 0 radical (unpaired) electrons. The van der Waals surface area contributed by atoms with Gasteiger partial charge in [-0.2, -0.15) is 0 Å². The number of aryl methyl sites for hydroxylation is 1. The van der Waals surface area contributed by atoms with Crippen LogP contribution in [0.25, 0.3) is 0 Å². The van der Waals surface area contributed by atoms with Crippen molar-refractivity contribution < 1.29 is 0 Å². The number of hydrogen-bond donors (Lipinski definition) is 0. The van der Waals surface area contributed by atoms with E-state index in [4.69, 9.17) is 0 Å². The van der Waals surface area contributed by atoms with Crippen LogP contribution in [0, 0.1) is 11.5 Å². The molecule has 0 unspecified atom stereocenters. The summed E-state index contributed by atoms with van der Waals surface area (Å²) < 4.78 is 0. The predicted octanol–water partition coefficient (Wildman–Crippen LogP) is 4.04. The van der Waals surface area contributed by atoms with Gasteiger partial charge >= 0.3 is 0 Å². The zero-order chi connectivity index (χ0) is 12.2. The van der Waals surface area contributed by atoms with Crippen molar-refractivity contribution in [1.82, 2.24) is 0 Å². The van der Waals surface area contributed by atoms with Gasteiger partial charge in [0.2, 0.25) is 0 Å². The predicted molar refractivity (Wildman–Crippen MR) is 75.4 cm³/mol. The highest BCUT2D eigenvalue weighted by molar-refractivity contribution is 6.83. The lowest BCUT2D eigenvalue weighted by molar-refractivity contribution is 1.03. The fourth-order valence-electron chi connectivity index (χ4n) is 1.76. The Morgan fingerprint density at radius 1 is 1.06 bits per heavy atom. The molecule has 0 aliphatic heterocycles. The fraction of sp³-hybridized carbons (Fsp3) is 0.467. The van der Waals surface area contributed by atoms with E-state index in [1.165, 1.54) is 16.7 Å². The zero-order valence-corrected chi connectivity index (χ0v) is 12.1. The molecule has 1 aromatic rings. The second kappa shape index (κ2) is 5.36. The lowest BCUT2D eigenvalue weighted by Gasteiger charge is -2.09. The van der Waals surface area contributed by atoms with Gasteiger partial charge in [0.05, 0.1) is 0 Å². The van der Waals surface area contributed by atoms with E-state index in [0.717, 1.165) is 12.8 Å². The molecule has 1 aromatic carbocycles. The van der Waals surface area contributed by atoms with E-state index in [1.54, 1.807) is 0 Å². The summed E-state index contributed by atoms with van der Waals surface area (Å²) in [5.41, 5.74) is 7.58. The fourth-order valence-corrected chi connectivity index (χ4v) is 2.27. The zero-order valence-electron chi connectivity index (χ0n) is 11.1. The summed E-state index contributed by atoms with van der Waals surface area (Å²) in [7, 11) is -1.26. The lowest BCUT2D eigenvalue weighted by atomic mass is 9.98. The summed E-state index contributed by atoms with van der Waals surface area (Å²) in [6.07, 6.45) is 2.19. The van der Waals surface area contributed by atoms with Crippen molar-refractivity contribution in [3.63, 3.8) is 0 Å². The molecule has 0 aromatic heterocycles. The van der Waals surface area contributed by atoms with E-state index in [9.17, 15) is 0 Å². The van der Waals surface area contributed by atoms with Crippen LogP contribution in [0.5, 0.6) is 0 Å². The highest BCUT2D eigenvalue weighted by Gasteiger charge is 2.08. The highest BCUT2D eigenvalue weighted by atomic mass is 28.3.